The van der Waals surface area contributed by atoms with E-state index in [1.165, 1.54) is 11.1 Å². The van der Waals surface area contributed by atoms with Crippen molar-refractivity contribution in [2.45, 2.75) is 57.5 Å². The maximum Gasteiger partial charge on any atom is 0.262 e. The molecule has 30 heavy (non-hydrogen) atoms. The van der Waals surface area contributed by atoms with E-state index in [1.54, 1.807) is 4.90 Å². The Hall–Kier alpha value is -3.13. The van der Waals surface area contributed by atoms with Gasteiger partial charge >= 0.3 is 0 Å². The Balaban J connectivity index is 1.71. The Kier molecular flexibility index (Phi) is 4.05. The predicted octanol–water partition coefficient (Wildman–Crippen LogP) is 3.44. The topological polar surface area (TPSA) is 82.5 Å². The molecule has 0 saturated heterocycles. The number of aryl methyl sites for hydroxylation is 2. The van der Waals surface area contributed by atoms with Crippen molar-refractivity contribution in [2.24, 2.45) is 16.1 Å². The molecule has 1 atom stereocenters. The summed E-state index contributed by atoms with van der Waals surface area (Å²) < 4.78 is 0. The molecule has 0 fully saturated rings. The van der Waals surface area contributed by atoms with E-state index in [9.17, 15) is 10.1 Å². The Morgan fingerprint density at radius 1 is 1.10 bits per heavy atom. The van der Waals surface area contributed by atoms with Gasteiger partial charge in [0, 0.05) is 11.5 Å². The Morgan fingerprint density at radius 3 is 2.33 bits per heavy atom. The number of carbonyl (C=O) groups excluding carboxylic acids is 1. The Morgan fingerprint density at radius 2 is 1.77 bits per heavy atom. The smallest absolute Gasteiger partial charge is 0.262 e. The molecule has 2 aromatic carbocycles. The highest BCUT2D eigenvalue weighted by atomic mass is 16.2. The van der Waals surface area contributed by atoms with E-state index in [4.69, 9.17) is 10.7 Å². The van der Waals surface area contributed by atoms with Gasteiger partial charge in [-0.25, -0.2) is 4.99 Å². The monoisotopic (exact) mass is 398 g/mol. The molecule has 1 aliphatic heterocycles. The van der Waals surface area contributed by atoms with Crippen molar-refractivity contribution >= 4 is 11.9 Å². The quantitative estimate of drug-likeness (QED) is 0.799. The molecule has 3 aliphatic rings. The molecule has 2 aromatic rings. The number of aliphatic imine (C=N–C) groups is 1. The number of nitrogens with two attached hydrogens (primary N) is 1. The second-order valence-electron chi connectivity index (χ2n) is 9.16. The van der Waals surface area contributed by atoms with E-state index >= 15 is 0 Å². The van der Waals surface area contributed by atoms with Crippen LogP contribution in [0.4, 0.5) is 0 Å². The average Bonchev–Trinajstić information content (AvgIpc) is 3.07. The summed E-state index contributed by atoms with van der Waals surface area (Å²) in [6.07, 6.45) is 4.36. The number of hydrogen-bond donors (Lipinski definition) is 1. The van der Waals surface area contributed by atoms with Gasteiger partial charge in [0.15, 0.2) is 11.5 Å². The number of guanidine groups is 1. The van der Waals surface area contributed by atoms with Crippen LogP contribution in [0.5, 0.6) is 0 Å². The number of carbonyl (C=O) groups is 1. The lowest BCUT2D eigenvalue weighted by molar-refractivity contribution is -0.137. The van der Waals surface area contributed by atoms with Crippen LogP contribution in [-0.4, -0.2) is 22.8 Å². The van der Waals surface area contributed by atoms with Crippen molar-refractivity contribution < 1.29 is 4.79 Å². The number of amides is 1. The number of rotatable bonds is 1. The first-order valence-electron chi connectivity index (χ1n) is 10.7. The summed E-state index contributed by atoms with van der Waals surface area (Å²) in [5.74, 6) is 0.265. The van der Waals surface area contributed by atoms with Gasteiger partial charge in [0.05, 0.1) is 11.6 Å². The summed E-state index contributed by atoms with van der Waals surface area (Å²) in [5.41, 5.74) is 10.3. The van der Waals surface area contributed by atoms with Crippen LogP contribution < -0.4 is 5.73 Å². The molecule has 2 N–H and O–H groups in total. The second kappa shape index (κ2) is 6.43. The molecule has 5 nitrogen and oxygen atoms in total. The third-order valence-corrected chi connectivity index (χ3v) is 7.36. The van der Waals surface area contributed by atoms with Crippen LogP contribution >= 0.6 is 0 Å². The van der Waals surface area contributed by atoms with Crippen molar-refractivity contribution in [1.29, 1.82) is 5.26 Å². The zero-order chi connectivity index (χ0) is 21.1. The summed E-state index contributed by atoms with van der Waals surface area (Å²) in [4.78, 5) is 20.7. The van der Waals surface area contributed by atoms with Crippen molar-refractivity contribution in [2.75, 3.05) is 0 Å². The van der Waals surface area contributed by atoms with Gasteiger partial charge in [0.25, 0.3) is 5.91 Å². The largest absolute Gasteiger partial charge is 0.369 e. The standard InChI is InChI=1S/C25H26N4O/c1-16(2)29-22(30)25(28-23(29)27)21-13-17(15-26)7-8-20(21)14-24(25)11-9-18-5-3-4-6-19(18)10-12-24/h3-8,13,16H,9-12,14H2,1-2H3,(H2,27,28). The van der Waals surface area contributed by atoms with Crippen LogP contribution in [0.15, 0.2) is 47.5 Å². The zero-order valence-electron chi connectivity index (χ0n) is 17.5. The van der Waals surface area contributed by atoms with Crippen molar-refractivity contribution in [3.63, 3.8) is 0 Å². The maximum absolute atomic E-state index is 14.1. The summed E-state index contributed by atoms with van der Waals surface area (Å²) in [6, 6.07) is 16.5. The number of fused-ring (bicyclic) bond motifs is 4. The van der Waals surface area contributed by atoms with Crippen molar-refractivity contribution in [1.82, 2.24) is 4.90 Å². The molecule has 1 heterocycles. The number of benzene rings is 2. The summed E-state index contributed by atoms with van der Waals surface area (Å²) in [6.45, 7) is 3.94. The van der Waals surface area contributed by atoms with E-state index in [2.05, 4.69) is 30.3 Å². The highest BCUT2D eigenvalue weighted by molar-refractivity contribution is 6.08. The third-order valence-electron chi connectivity index (χ3n) is 7.36. The first-order chi connectivity index (χ1) is 14.4. The fourth-order valence-corrected chi connectivity index (χ4v) is 5.94. The van der Waals surface area contributed by atoms with Crippen LogP contribution in [0.25, 0.3) is 0 Å². The van der Waals surface area contributed by atoms with Crippen LogP contribution in [0.2, 0.25) is 0 Å². The van der Waals surface area contributed by atoms with E-state index in [0.29, 0.717) is 11.5 Å². The summed E-state index contributed by atoms with van der Waals surface area (Å²) in [7, 11) is 0. The molecule has 5 rings (SSSR count). The molecule has 0 radical (unpaired) electrons. The van der Waals surface area contributed by atoms with E-state index in [0.717, 1.165) is 43.2 Å². The zero-order valence-corrected chi connectivity index (χ0v) is 17.5. The second-order valence-corrected chi connectivity index (χ2v) is 9.16. The fourth-order valence-electron chi connectivity index (χ4n) is 5.94. The molecule has 5 heteroatoms. The normalized spacial score (nSPS) is 24.0. The van der Waals surface area contributed by atoms with E-state index in [-0.39, 0.29) is 17.4 Å². The number of hydrogen-bond acceptors (Lipinski definition) is 4. The fraction of sp³-hybridized carbons (Fsp3) is 0.400. The van der Waals surface area contributed by atoms with Gasteiger partial charge in [-0.2, -0.15) is 5.26 Å². The number of nitriles is 1. The third kappa shape index (κ3) is 2.34. The molecule has 0 aromatic heterocycles. The van der Waals surface area contributed by atoms with Gasteiger partial charge in [0.2, 0.25) is 0 Å². The lowest BCUT2D eigenvalue weighted by Crippen LogP contribution is -2.52. The van der Waals surface area contributed by atoms with Crippen molar-refractivity contribution in [3.8, 4) is 6.07 Å². The van der Waals surface area contributed by atoms with E-state index < -0.39 is 5.54 Å². The predicted molar refractivity (Wildman–Crippen MR) is 116 cm³/mol. The Bertz CT molecular complexity index is 1100. The SMILES string of the molecule is CC(C)N1C(=O)C2(N=C1N)c1cc(C#N)ccc1CC21CCc2ccccc2CC1. The number of nitrogens with zero attached hydrogens (tertiary/aromatic N) is 3. The molecular formula is C25H26N4O. The molecule has 0 bridgehead atoms. The molecule has 152 valence electrons. The van der Waals surface area contributed by atoms with Gasteiger partial charge < -0.3 is 5.73 Å². The van der Waals surface area contributed by atoms with Gasteiger partial charge in [-0.3, -0.25) is 9.69 Å². The van der Waals surface area contributed by atoms with E-state index in [1.807, 2.05) is 32.0 Å². The first-order valence-corrected chi connectivity index (χ1v) is 10.7. The van der Waals surface area contributed by atoms with Crippen LogP contribution in [-0.2, 0) is 29.6 Å². The maximum atomic E-state index is 14.1. The van der Waals surface area contributed by atoms with Gasteiger partial charge in [0.1, 0.15) is 0 Å². The highest BCUT2D eigenvalue weighted by Gasteiger charge is 2.66. The minimum atomic E-state index is -1.04. The van der Waals surface area contributed by atoms with Gasteiger partial charge in [-0.1, -0.05) is 30.3 Å². The lowest BCUT2D eigenvalue weighted by atomic mass is 9.65. The molecule has 2 aliphatic carbocycles. The average molecular weight is 399 g/mol. The lowest BCUT2D eigenvalue weighted by Gasteiger charge is -2.41. The van der Waals surface area contributed by atoms with Crippen LogP contribution in [0.1, 0.15) is 54.5 Å². The van der Waals surface area contributed by atoms with Crippen LogP contribution in [0.3, 0.4) is 0 Å². The van der Waals surface area contributed by atoms with Gasteiger partial charge in [-0.15, -0.1) is 0 Å². The minimum absolute atomic E-state index is 0.0326. The first kappa shape index (κ1) is 18.9. The summed E-state index contributed by atoms with van der Waals surface area (Å²) >= 11 is 0. The Labute approximate surface area is 177 Å². The van der Waals surface area contributed by atoms with Crippen LogP contribution in [0, 0.1) is 16.7 Å². The summed E-state index contributed by atoms with van der Waals surface area (Å²) in [5, 5.41) is 9.52. The molecular weight excluding hydrogens is 372 g/mol. The molecule has 0 saturated carbocycles. The van der Waals surface area contributed by atoms with Crippen molar-refractivity contribution in [3.05, 3.63) is 70.3 Å². The highest BCUT2D eigenvalue weighted by Crippen LogP contribution is 2.61. The molecule has 1 unspecified atom stereocenters. The van der Waals surface area contributed by atoms with Gasteiger partial charge in [-0.05, 0) is 80.3 Å². The minimum Gasteiger partial charge on any atom is -0.369 e. The molecule has 2 spiro atoms. The molecule has 1 amide bonds.